The Morgan fingerprint density at radius 2 is 1.50 bits per heavy atom. The van der Waals surface area contributed by atoms with Crippen molar-refractivity contribution in [3.05, 3.63) is 69.7 Å². The van der Waals surface area contributed by atoms with E-state index in [4.69, 9.17) is 28.3 Å². The number of hydrogen-bond acceptors (Lipinski definition) is 2. The fourth-order valence-electron chi connectivity index (χ4n) is 3.03. The van der Waals surface area contributed by atoms with Gasteiger partial charge in [-0.25, -0.2) is 4.79 Å². The molecule has 2 aromatic carbocycles. The summed E-state index contributed by atoms with van der Waals surface area (Å²) in [5.74, 6) is -1.38. The molecule has 136 valence electrons. The molecule has 0 saturated carbocycles. The van der Waals surface area contributed by atoms with Crippen molar-refractivity contribution in [3.8, 4) is 0 Å². The molecule has 2 amide bonds. The van der Waals surface area contributed by atoms with Crippen LogP contribution in [0.5, 0.6) is 0 Å². The van der Waals surface area contributed by atoms with Gasteiger partial charge in [0, 0.05) is 23.1 Å². The van der Waals surface area contributed by atoms with Crippen LogP contribution in [0.4, 0.5) is 4.79 Å². The number of benzene rings is 2. The normalized spacial score (nSPS) is 16.7. The van der Waals surface area contributed by atoms with Crippen molar-refractivity contribution >= 4 is 35.2 Å². The summed E-state index contributed by atoms with van der Waals surface area (Å²) >= 11 is 11.9. The van der Waals surface area contributed by atoms with Gasteiger partial charge in [-0.1, -0.05) is 47.5 Å². The number of urea groups is 1. The lowest BCUT2D eigenvalue weighted by Crippen LogP contribution is -2.41. The highest BCUT2D eigenvalue weighted by molar-refractivity contribution is 6.30. The number of carboxylic acids is 1. The number of aliphatic carboxylic acids is 1. The number of likely N-dealkylation sites (tertiary alicyclic amines) is 1. The van der Waals surface area contributed by atoms with Crippen molar-refractivity contribution in [1.29, 1.82) is 0 Å². The SMILES string of the molecule is O=C(O)C1CCN(C(=O)NC(c2ccc(Cl)cc2)c2ccc(Cl)cc2)C1. The van der Waals surface area contributed by atoms with Crippen LogP contribution in [0.25, 0.3) is 0 Å². The first-order valence-electron chi connectivity index (χ1n) is 8.23. The minimum absolute atomic E-state index is 0.217. The van der Waals surface area contributed by atoms with Gasteiger partial charge in [0.15, 0.2) is 0 Å². The van der Waals surface area contributed by atoms with E-state index < -0.39 is 11.9 Å². The highest BCUT2D eigenvalue weighted by Crippen LogP contribution is 2.26. The number of rotatable bonds is 4. The van der Waals surface area contributed by atoms with Crippen LogP contribution < -0.4 is 5.32 Å². The summed E-state index contributed by atoms with van der Waals surface area (Å²) in [5, 5.41) is 13.3. The van der Waals surface area contributed by atoms with Gasteiger partial charge < -0.3 is 15.3 Å². The molecule has 1 aliphatic rings. The summed E-state index contributed by atoms with van der Waals surface area (Å²) in [6.07, 6.45) is 0.468. The van der Waals surface area contributed by atoms with Gasteiger partial charge in [-0.2, -0.15) is 0 Å². The molecule has 1 atom stereocenters. The van der Waals surface area contributed by atoms with Crippen molar-refractivity contribution in [3.63, 3.8) is 0 Å². The molecule has 0 spiro atoms. The first kappa shape index (κ1) is 18.5. The molecule has 0 aliphatic carbocycles. The summed E-state index contributed by atoms with van der Waals surface area (Å²) < 4.78 is 0. The van der Waals surface area contributed by atoms with Crippen LogP contribution in [-0.4, -0.2) is 35.1 Å². The van der Waals surface area contributed by atoms with E-state index in [9.17, 15) is 9.59 Å². The Bertz CT molecular complexity index is 748. The Balaban J connectivity index is 1.82. The third kappa shape index (κ3) is 4.29. The molecule has 0 radical (unpaired) electrons. The molecule has 1 unspecified atom stereocenters. The molecule has 7 heteroatoms. The maximum absolute atomic E-state index is 12.7. The molecule has 2 N–H and O–H groups in total. The van der Waals surface area contributed by atoms with Crippen LogP contribution in [0.15, 0.2) is 48.5 Å². The van der Waals surface area contributed by atoms with Gasteiger partial charge >= 0.3 is 12.0 Å². The Hall–Kier alpha value is -2.24. The van der Waals surface area contributed by atoms with E-state index in [1.807, 2.05) is 24.3 Å². The van der Waals surface area contributed by atoms with Gasteiger partial charge in [-0.3, -0.25) is 4.79 Å². The van der Waals surface area contributed by atoms with Gasteiger partial charge in [0.1, 0.15) is 0 Å². The number of halogens is 2. The smallest absolute Gasteiger partial charge is 0.318 e. The number of carbonyl (C=O) groups is 2. The largest absolute Gasteiger partial charge is 0.481 e. The Labute approximate surface area is 161 Å². The monoisotopic (exact) mass is 392 g/mol. The van der Waals surface area contributed by atoms with Gasteiger partial charge in [0.25, 0.3) is 0 Å². The van der Waals surface area contributed by atoms with E-state index >= 15 is 0 Å². The van der Waals surface area contributed by atoms with E-state index in [1.54, 1.807) is 24.3 Å². The van der Waals surface area contributed by atoms with Gasteiger partial charge in [0.2, 0.25) is 0 Å². The molecule has 5 nitrogen and oxygen atoms in total. The highest BCUT2D eigenvalue weighted by atomic mass is 35.5. The fraction of sp³-hybridized carbons (Fsp3) is 0.263. The molecule has 1 fully saturated rings. The molecule has 2 aromatic rings. The zero-order valence-electron chi connectivity index (χ0n) is 13.9. The Morgan fingerprint density at radius 1 is 1.00 bits per heavy atom. The molecular formula is C19H18Cl2N2O3. The van der Waals surface area contributed by atoms with E-state index in [0.717, 1.165) is 11.1 Å². The Morgan fingerprint density at radius 3 is 1.92 bits per heavy atom. The topological polar surface area (TPSA) is 69.6 Å². The van der Waals surface area contributed by atoms with Crippen LogP contribution in [-0.2, 0) is 4.79 Å². The summed E-state index contributed by atoms with van der Waals surface area (Å²) in [5.41, 5.74) is 1.75. The summed E-state index contributed by atoms with van der Waals surface area (Å²) in [4.78, 5) is 25.3. The van der Waals surface area contributed by atoms with E-state index in [0.29, 0.717) is 23.0 Å². The van der Waals surface area contributed by atoms with Crippen molar-refractivity contribution in [2.75, 3.05) is 13.1 Å². The first-order valence-corrected chi connectivity index (χ1v) is 8.99. The number of nitrogens with zero attached hydrogens (tertiary/aromatic N) is 1. The lowest BCUT2D eigenvalue weighted by Gasteiger charge is -2.24. The number of nitrogens with one attached hydrogen (secondary N) is 1. The van der Waals surface area contributed by atoms with Gasteiger partial charge in [-0.05, 0) is 41.8 Å². The summed E-state index contributed by atoms with van der Waals surface area (Å²) in [7, 11) is 0. The molecule has 1 aliphatic heterocycles. The molecular weight excluding hydrogens is 375 g/mol. The standard InChI is InChI=1S/C19H18Cl2N2O3/c20-15-5-1-12(2-6-15)17(13-3-7-16(21)8-4-13)22-19(26)23-10-9-14(11-23)18(24)25/h1-8,14,17H,9-11H2,(H,22,26)(H,24,25). The van der Waals surface area contributed by atoms with Crippen LogP contribution >= 0.6 is 23.2 Å². The Kier molecular flexibility index (Phi) is 5.69. The second kappa shape index (κ2) is 7.98. The fourth-order valence-corrected chi connectivity index (χ4v) is 3.28. The second-order valence-corrected chi connectivity index (χ2v) is 7.13. The second-order valence-electron chi connectivity index (χ2n) is 6.26. The van der Waals surface area contributed by atoms with Crippen LogP contribution in [0.2, 0.25) is 10.0 Å². The van der Waals surface area contributed by atoms with E-state index in [-0.39, 0.29) is 18.6 Å². The predicted octanol–water partition coefficient (Wildman–Crippen LogP) is 4.20. The number of hydrogen-bond donors (Lipinski definition) is 2. The van der Waals surface area contributed by atoms with E-state index in [2.05, 4.69) is 5.32 Å². The lowest BCUT2D eigenvalue weighted by molar-refractivity contribution is -0.141. The average Bonchev–Trinajstić information content (AvgIpc) is 3.12. The molecule has 3 rings (SSSR count). The molecule has 0 bridgehead atoms. The summed E-state index contributed by atoms with van der Waals surface area (Å²) in [6.45, 7) is 0.645. The molecule has 0 aromatic heterocycles. The van der Waals surface area contributed by atoms with Crippen LogP contribution in [0.1, 0.15) is 23.6 Å². The van der Waals surface area contributed by atoms with Gasteiger partial charge in [0.05, 0.1) is 12.0 Å². The molecule has 26 heavy (non-hydrogen) atoms. The van der Waals surface area contributed by atoms with Crippen molar-refractivity contribution in [2.24, 2.45) is 5.92 Å². The zero-order chi connectivity index (χ0) is 18.7. The predicted molar refractivity (Wildman–Crippen MR) is 101 cm³/mol. The minimum atomic E-state index is -0.868. The maximum atomic E-state index is 12.7. The minimum Gasteiger partial charge on any atom is -0.481 e. The molecule has 1 saturated heterocycles. The molecule has 1 heterocycles. The third-order valence-corrected chi connectivity index (χ3v) is 5.00. The van der Waals surface area contributed by atoms with Crippen LogP contribution in [0, 0.1) is 5.92 Å². The van der Waals surface area contributed by atoms with Crippen molar-refractivity contribution in [2.45, 2.75) is 12.5 Å². The zero-order valence-corrected chi connectivity index (χ0v) is 15.4. The average molecular weight is 393 g/mol. The van der Waals surface area contributed by atoms with Crippen LogP contribution in [0.3, 0.4) is 0 Å². The first-order chi connectivity index (χ1) is 12.4. The van der Waals surface area contributed by atoms with Crippen molar-refractivity contribution in [1.82, 2.24) is 10.2 Å². The number of carboxylic acid groups (broad SMARTS) is 1. The van der Waals surface area contributed by atoms with Crippen molar-refractivity contribution < 1.29 is 14.7 Å². The summed E-state index contributed by atoms with van der Waals surface area (Å²) in [6, 6.07) is 13.8. The van der Waals surface area contributed by atoms with E-state index in [1.165, 1.54) is 4.90 Å². The number of carbonyl (C=O) groups excluding carboxylic acids is 1. The van der Waals surface area contributed by atoms with Gasteiger partial charge in [-0.15, -0.1) is 0 Å². The number of amides is 2. The maximum Gasteiger partial charge on any atom is 0.318 e. The third-order valence-electron chi connectivity index (χ3n) is 4.50. The quantitative estimate of drug-likeness (QED) is 0.818. The lowest BCUT2D eigenvalue weighted by atomic mass is 9.99. The highest BCUT2D eigenvalue weighted by Gasteiger charge is 2.32.